The molecule has 0 radical (unpaired) electrons. The van der Waals surface area contributed by atoms with Crippen LogP contribution in [0.2, 0.25) is 0 Å². The molecule has 3 N–H and O–H groups in total. The molecule has 0 aliphatic carbocycles. The highest BCUT2D eigenvalue weighted by Crippen LogP contribution is 1.97. The van der Waals surface area contributed by atoms with E-state index >= 15 is 0 Å². The van der Waals surface area contributed by atoms with Crippen molar-refractivity contribution in [3.63, 3.8) is 0 Å². The molecule has 0 atom stereocenters. The van der Waals surface area contributed by atoms with Crippen LogP contribution in [0.3, 0.4) is 0 Å². The highest BCUT2D eigenvalue weighted by molar-refractivity contribution is 5.06. The van der Waals surface area contributed by atoms with Crippen molar-refractivity contribution in [1.82, 2.24) is 16.0 Å². The van der Waals surface area contributed by atoms with E-state index in [4.69, 9.17) is 0 Å². The van der Waals surface area contributed by atoms with Crippen molar-refractivity contribution in [2.75, 3.05) is 33.2 Å². The summed E-state index contributed by atoms with van der Waals surface area (Å²) in [5.41, 5.74) is 2.63. The summed E-state index contributed by atoms with van der Waals surface area (Å²) >= 11 is 0. The summed E-state index contributed by atoms with van der Waals surface area (Å²) in [4.78, 5) is 0. The number of nitrogens with one attached hydrogen (secondary N) is 3. The molecule has 0 saturated carbocycles. The molecule has 0 aromatic rings. The van der Waals surface area contributed by atoms with Crippen molar-refractivity contribution < 1.29 is 0 Å². The lowest BCUT2D eigenvalue weighted by molar-refractivity contribution is 0.646. The van der Waals surface area contributed by atoms with E-state index in [0.29, 0.717) is 0 Å². The molecule has 0 aromatic carbocycles. The van der Waals surface area contributed by atoms with Crippen LogP contribution < -0.4 is 16.0 Å². The van der Waals surface area contributed by atoms with Crippen molar-refractivity contribution in [2.45, 2.75) is 27.2 Å². The van der Waals surface area contributed by atoms with Crippen LogP contribution in [0.4, 0.5) is 0 Å². The van der Waals surface area contributed by atoms with Gasteiger partial charge < -0.3 is 16.0 Å². The van der Waals surface area contributed by atoms with Crippen molar-refractivity contribution >= 4 is 0 Å². The van der Waals surface area contributed by atoms with Gasteiger partial charge in [0.2, 0.25) is 0 Å². The summed E-state index contributed by atoms with van der Waals surface area (Å²) in [6.07, 6.45) is 5.47. The van der Waals surface area contributed by atoms with Gasteiger partial charge in [0, 0.05) is 32.4 Å². The van der Waals surface area contributed by atoms with Crippen molar-refractivity contribution in [2.24, 2.45) is 0 Å². The van der Waals surface area contributed by atoms with Gasteiger partial charge in [-0.25, -0.2) is 0 Å². The molecular formula is C13H27N3. The number of hydrogen-bond donors (Lipinski definition) is 3. The monoisotopic (exact) mass is 225 g/mol. The summed E-state index contributed by atoms with van der Waals surface area (Å²) in [6, 6.07) is 0. The smallest absolute Gasteiger partial charge is 0.0162 e. The van der Waals surface area contributed by atoms with E-state index in [9.17, 15) is 0 Å². The number of allylic oxidation sites excluding steroid dienone is 3. The molecule has 0 fully saturated rings. The first-order valence-corrected chi connectivity index (χ1v) is 6.12. The maximum absolute atomic E-state index is 3.40. The Balaban J connectivity index is 3.55. The summed E-state index contributed by atoms with van der Waals surface area (Å²) in [6.45, 7) is 10.5. The third-order valence-corrected chi connectivity index (χ3v) is 2.42. The minimum Gasteiger partial charge on any atom is -0.392 e. The average Bonchev–Trinajstić information content (AvgIpc) is 2.28. The van der Waals surface area contributed by atoms with E-state index in [1.165, 1.54) is 11.3 Å². The van der Waals surface area contributed by atoms with E-state index in [1.54, 1.807) is 0 Å². The summed E-state index contributed by atoms with van der Waals surface area (Å²) in [7, 11) is 1.95. The van der Waals surface area contributed by atoms with E-state index < -0.39 is 0 Å². The minimum atomic E-state index is 0.984. The third-order valence-electron chi connectivity index (χ3n) is 2.42. The number of hydrogen-bond acceptors (Lipinski definition) is 3. The standard InChI is InChI=1S/C13H27N3/c1-5-15-9-10-16-11-12(2)7-6-8-13(3)14-4/h7-8,14-16H,5-6,9-11H2,1-4H3/b12-7+,13-8-. The summed E-state index contributed by atoms with van der Waals surface area (Å²) in [5, 5.41) is 9.81. The Morgan fingerprint density at radius 3 is 2.38 bits per heavy atom. The Morgan fingerprint density at radius 2 is 1.75 bits per heavy atom. The maximum Gasteiger partial charge on any atom is 0.0162 e. The molecule has 0 bridgehead atoms. The second-order valence-corrected chi connectivity index (χ2v) is 3.95. The molecular weight excluding hydrogens is 198 g/mol. The first-order valence-electron chi connectivity index (χ1n) is 6.12. The third kappa shape index (κ3) is 9.74. The molecule has 0 heterocycles. The Bertz CT molecular complexity index is 219. The Kier molecular flexibility index (Phi) is 10.2. The maximum atomic E-state index is 3.40. The topological polar surface area (TPSA) is 36.1 Å². The van der Waals surface area contributed by atoms with Crippen LogP contribution in [0.25, 0.3) is 0 Å². The average molecular weight is 225 g/mol. The normalized spacial score (nSPS) is 13.0. The van der Waals surface area contributed by atoms with Gasteiger partial charge in [-0.3, -0.25) is 0 Å². The van der Waals surface area contributed by atoms with Gasteiger partial charge in [-0.2, -0.15) is 0 Å². The molecule has 0 aromatic heterocycles. The van der Waals surface area contributed by atoms with Gasteiger partial charge in [-0.05, 0) is 26.8 Å². The van der Waals surface area contributed by atoms with Crippen LogP contribution in [-0.4, -0.2) is 33.2 Å². The van der Waals surface area contributed by atoms with Crippen molar-refractivity contribution in [3.8, 4) is 0 Å². The van der Waals surface area contributed by atoms with Crippen LogP contribution in [-0.2, 0) is 0 Å². The zero-order chi connectivity index (χ0) is 12.2. The van der Waals surface area contributed by atoms with Crippen LogP contribution in [0.1, 0.15) is 27.2 Å². The zero-order valence-corrected chi connectivity index (χ0v) is 11.2. The van der Waals surface area contributed by atoms with E-state index in [0.717, 1.165) is 32.6 Å². The number of likely N-dealkylation sites (N-methyl/N-ethyl adjacent to an activating group) is 1. The Labute approximate surface area is 100 Å². The van der Waals surface area contributed by atoms with Gasteiger partial charge in [0.25, 0.3) is 0 Å². The van der Waals surface area contributed by atoms with Crippen LogP contribution >= 0.6 is 0 Å². The lowest BCUT2D eigenvalue weighted by Gasteiger charge is -2.05. The number of rotatable bonds is 9. The largest absolute Gasteiger partial charge is 0.392 e. The Morgan fingerprint density at radius 1 is 1.06 bits per heavy atom. The molecule has 0 aliphatic rings. The minimum absolute atomic E-state index is 0.984. The van der Waals surface area contributed by atoms with Gasteiger partial charge >= 0.3 is 0 Å². The van der Waals surface area contributed by atoms with Crippen molar-refractivity contribution in [1.29, 1.82) is 0 Å². The van der Waals surface area contributed by atoms with E-state index in [2.05, 4.69) is 48.9 Å². The predicted molar refractivity (Wildman–Crippen MR) is 72.6 cm³/mol. The van der Waals surface area contributed by atoms with Crippen LogP contribution in [0, 0.1) is 0 Å². The van der Waals surface area contributed by atoms with E-state index in [1.807, 2.05) is 7.05 Å². The fourth-order valence-corrected chi connectivity index (χ4v) is 1.25. The molecule has 0 unspecified atom stereocenters. The fraction of sp³-hybridized carbons (Fsp3) is 0.692. The second-order valence-electron chi connectivity index (χ2n) is 3.95. The van der Waals surface area contributed by atoms with Crippen molar-refractivity contribution in [3.05, 3.63) is 23.4 Å². The molecule has 0 amide bonds. The second kappa shape index (κ2) is 10.7. The van der Waals surface area contributed by atoms with Crippen LogP contribution in [0.5, 0.6) is 0 Å². The molecule has 94 valence electrons. The quantitative estimate of drug-likeness (QED) is 0.412. The molecule has 0 aliphatic heterocycles. The lowest BCUT2D eigenvalue weighted by Crippen LogP contribution is -2.28. The lowest BCUT2D eigenvalue weighted by atomic mass is 10.2. The highest BCUT2D eigenvalue weighted by atomic mass is 14.9. The molecule has 16 heavy (non-hydrogen) atoms. The van der Waals surface area contributed by atoms with Gasteiger partial charge in [-0.1, -0.05) is 24.6 Å². The molecule has 0 rings (SSSR count). The Hall–Kier alpha value is -0.800. The molecule has 0 spiro atoms. The van der Waals surface area contributed by atoms with Gasteiger partial charge in [0.1, 0.15) is 0 Å². The zero-order valence-electron chi connectivity index (χ0n) is 11.2. The highest BCUT2D eigenvalue weighted by Gasteiger charge is 1.89. The molecule has 3 nitrogen and oxygen atoms in total. The van der Waals surface area contributed by atoms with Gasteiger partial charge in [-0.15, -0.1) is 0 Å². The van der Waals surface area contributed by atoms with Crippen LogP contribution in [0.15, 0.2) is 23.4 Å². The SMILES string of the molecule is CCNCCNC/C(C)=C/C/C=C(/C)NC. The first kappa shape index (κ1) is 15.2. The molecule has 0 saturated heterocycles. The molecule has 3 heteroatoms. The summed E-state index contributed by atoms with van der Waals surface area (Å²) in [5.74, 6) is 0. The van der Waals surface area contributed by atoms with E-state index in [-0.39, 0.29) is 0 Å². The fourth-order valence-electron chi connectivity index (χ4n) is 1.25. The summed E-state index contributed by atoms with van der Waals surface area (Å²) < 4.78 is 0. The van der Waals surface area contributed by atoms with Gasteiger partial charge in [0.15, 0.2) is 0 Å². The predicted octanol–water partition coefficient (Wildman–Crippen LogP) is 1.65. The van der Waals surface area contributed by atoms with Gasteiger partial charge in [0.05, 0.1) is 0 Å². The first-order chi connectivity index (χ1) is 7.70.